The summed E-state index contributed by atoms with van der Waals surface area (Å²) in [7, 11) is -3.84. The van der Waals surface area contributed by atoms with Crippen LogP contribution in [0.2, 0.25) is 0 Å². The smallest absolute Gasteiger partial charge is 0.261 e. The van der Waals surface area contributed by atoms with E-state index in [1.54, 1.807) is 52.6 Å². The van der Waals surface area contributed by atoms with Gasteiger partial charge in [0.15, 0.2) is 0 Å². The topological polar surface area (TPSA) is 75.7 Å². The molecule has 1 amide bonds. The molecule has 1 unspecified atom stereocenters. The Balaban J connectivity index is 1.54. The highest BCUT2D eigenvalue weighted by Crippen LogP contribution is 2.34. The van der Waals surface area contributed by atoms with Gasteiger partial charge in [-0.25, -0.2) is 8.42 Å². The van der Waals surface area contributed by atoms with Gasteiger partial charge in [0.05, 0.1) is 17.5 Å². The maximum Gasteiger partial charge on any atom is 0.261 e. The summed E-state index contributed by atoms with van der Waals surface area (Å²) < 4.78 is 33.7. The summed E-state index contributed by atoms with van der Waals surface area (Å²) in [5.41, 5.74) is 1.96. The van der Waals surface area contributed by atoms with Crippen LogP contribution in [0.5, 0.6) is 5.75 Å². The summed E-state index contributed by atoms with van der Waals surface area (Å²) in [4.78, 5) is 16.3. The molecule has 1 aliphatic heterocycles. The van der Waals surface area contributed by atoms with E-state index in [2.05, 4.69) is 16.2 Å². The lowest BCUT2D eigenvalue weighted by molar-refractivity contribution is 0.0679. The van der Waals surface area contributed by atoms with Gasteiger partial charge in [-0.3, -0.25) is 9.52 Å². The quantitative estimate of drug-likeness (QED) is 0.583. The molecule has 0 fully saturated rings. The predicted molar refractivity (Wildman–Crippen MR) is 122 cm³/mol. The van der Waals surface area contributed by atoms with E-state index in [0.29, 0.717) is 30.2 Å². The molecule has 0 radical (unpaired) electrons. The highest BCUT2D eigenvalue weighted by Gasteiger charge is 2.29. The number of benzene rings is 2. The second-order valence-corrected chi connectivity index (χ2v) is 10.00. The lowest BCUT2D eigenvalue weighted by atomic mass is 10.0. The number of nitrogens with one attached hydrogen (secondary N) is 1. The molecule has 2 heterocycles. The number of ether oxygens (including phenoxy) is 1. The number of nitrogens with zero attached hydrogens (tertiary/aromatic N) is 1. The summed E-state index contributed by atoms with van der Waals surface area (Å²) in [6.07, 6.45) is 0.820. The van der Waals surface area contributed by atoms with E-state index in [1.165, 1.54) is 22.6 Å². The average Bonchev–Trinajstić information content (AvgIpc) is 3.25. The average molecular weight is 457 g/mol. The number of fused-ring (bicyclic) bond motifs is 1. The normalized spacial score (nSPS) is 15.9. The second kappa shape index (κ2) is 8.72. The fourth-order valence-corrected chi connectivity index (χ4v) is 5.82. The molecule has 1 N–H and O–H groups in total. The third-order valence-corrected chi connectivity index (χ3v) is 7.72. The number of amides is 1. The molecule has 1 aromatic heterocycles. The van der Waals surface area contributed by atoms with Gasteiger partial charge in [0.2, 0.25) is 0 Å². The number of anilines is 1. The van der Waals surface area contributed by atoms with E-state index >= 15 is 0 Å². The Hall–Kier alpha value is -2.84. The maximum absolute atomic E-state index is 13.2. The minimum atomic E-state index is -3.84. The van der Waals surface area contributed by atoms with Crippen LogP contribution in [0, 0.1) is 0 Å². The van der Waals surface area contributed by atoms with Gasteiger partial charge in [-0.1, -0.05) is 6.07 Å². The van der Waals surface area contributed by atoms with Crippen molar-refractivity contribution in [3.05, 3.63) is 76.0 Å². The van der Waals surface area contributed by atoms with Crippen molar-refractivity contribution >= 4 is 33.0 Å². The van der Waals surface area contributed by atoms with Crippen LogP contribution in [0.25, 0.3) is 0 Å². The summed E-state index contributed by atoms with van der Waals surface area (Å²) in [6, 6.07) is 14.9. The molecule has 2 aromatic carbocycles. The number of thiophene rings is 1. The first-order chi connectivity index (χ1) is 14.9. The zero-order valence-electron chi connectivity index (χ0n) is 17.4. The van der Waals surface area contributed by atoms with E-state index < -0.39 is 10.0 Å². The largest absolute Gasteiger partial charge is 0.494 e. The molecular formula is C23H24N2O4S2. The number of hydrogen-bond donors (Lipinski definition) is 1. The molecule has 0 spiro atoms. The Labute approximate surface area is 186 Å². The van der Waals surface area contributed by atoms with Gasteiger partial charge in [-0.2, -0.15) is 0 Å². The van der Waals surface area contributed by atoms with E-state index in [-0.39, 0.29) is 16.8 Å². The Morgan fingerprint density at radius 2 is 1.97 bits per heavy atom. The van der Waals surface area contributed by atoms with Crippen molar-refractivity contribution in [2.45, 2.75) is 31.2 Å². The van der Waals surface area contributed by atoms with E-state index in [1.807, 2.05) is 13.8 Å². The Morgan fingerprint density at radius 3 is 2.71 bits per heavy atom. The first kappa shape index (κ1) is 21.4. The number of rotatable bonds is 6. The van der Waals surface area contributed by atoms with Gasteiger partial charge in [0.1, 0.15) is 5.75 Å². The highest BCUT2D eigenvalue weighted by molar-refractivity contribution is 7.92. The van der Waals surface area contributed by atoms with Gasteiger partial charge in [0.25, 0.3) is 15.9 Å². The molecule has 6 nitrogen and oxygen atoms in total. The molecule has 8 heteroatoms. The molecule has 0 saturated carbocycles. The van der Waals surface area contributed by atoms with Crippen molar-refractivity contribution in [3.8, 4) is 5.75 Å². The van der Waals surface area contributed by atoms with Crippen LogP contribution in [0.3, 0.4) is 0 Å². The molecule has 31 heavy (non-hydrogen) atoms. The zero-order valence-corrected chi connectivity index (χ0v) is 19.0. The molecule has 162 valence electrons. The number of carbonyl (C=O) groups is 1. The minimum Gasteiger partial charge on any atom is -0.494 e. The molecule has 3 aromatic rings. The lowest BCUT2D eigenvalue weighted by Gasteiger charge is -2.33. The van der Waals surface area contributed by atoms with Crippen molar-refractivity contribution in [2.75, 3.05) is 17.9 Å². The summed E-state index contributed by atoms with van der Waals surface area (Å²) >= 11 is 1.72. The molecule has 0 saturated heterocycles. The molecule has 0 aliphatic carbocycles. The molecule has 0 bridgehead atoms. The van der Waals surface area contributed by atoms with Crippen molar-refractivity contribution in [1.29, 1.82) is 0 Å². The highest BCUT2D eigenvalue weighted by atomic mass is 32.2. The fraction of sp³-hybridized carbons (Fsp3) is 0.261. The van der Waals surface area contributed by atoms with Crippen molar-refractivity contribution in [2.24, 2.45) is 0 Å². The number of carbonyl (C=O) groups excluding carboxylic acids is 1. The van der Waals surface area contributed by atoms with Crippen LogP contribution < -0.4 is 9.46 Å². The third kappa shape index (κ3) is 4.45. The van der Waals surface area contributed by atoms with E-state index in [9.17, 15) is 13.2 Å². The van der Waals surface area contributed by atoms with Crippen LogP contribution >= 0.6 is 11.3 Å². The first-order valence-electron chi connectivity index (χ1n) is 10.1. The Kier molecular flexibility index (Phi) is 6.02. The van der Waals surface area contributed by atoms with Crippen LogP contribution in [0.1, 0.15) is 40.7 Å². The second-order valence-electron chi connectivity index (χ2n) is 7.31. The third-order valence-electron chi connectivity index (χ3n) is 5.35. The van der Waals surface area contributed by atoms with Gasteiger partial charge < -0.3 is 9.64 Å². The number of hydrogen-bond acceptors (Lipinski definition) is 5. The molecule has 1 aliphatic rings. The lowest BCUT2D eigenvalue weighted by Crippen LogP contribution is -2.38. The van der Waals surface area contributed by atoms with Crippen molar-refractivity contribution in [3.63, 3.8) is 0 Å². The summed E-state index contributed by atoms with van der Waals surface area (Å²) in [5.74, 6) is 0.505. The zero-order chi connectivity index (χ0) is 22.0. The number of sulfonamides is 1. The SMILES string of the molecule is CCOc1ccc(NS(=O)(=O)c2cccc(C(=O)N3CCc4sccc4C3C)c2)cc1. The molecule has 1 atom stereocenters. The summed E-state index contributed by atoms with van der Waals surface area (Å²) in [6.45, 7) is 5.05. The van der Waals surface area contributed by atoms with Crippen LogP contribution in [-0.4, -0.2) is 32.4 Å². The van der Waals surface area contributed by atoms with Crippen molar-refractivity contribution < 1.29 is 17.9 Å². The summed E-state index contributed by atoms with van der Waals surface area (Å²) in [5, 5.41) is 2.05. The predicted octanol–water partition coefficient (Wildman–Crippen LogP) is 4.71. The van der Waals surface area contributed by atoms with Gasteiger partial charge in [-0.05, 0) is 79.7 Å². The molecule has 4 rings (SSSR count). The van der Waals surface area contributed by atoms with Gasteiger partial charge in [0, 0.05) is 22.7 Å². The van der Waals surface area contributed by atoms with Crippen molar-refractivity contribution in [1.82, 2.24) is 4.90 Å². The Morgan fingerprint density at radius 1 is 1.19 bits per heavy atom. The monoisotopic (exact) mass is 456 g/mol. The van der Waals surface area contributed by atoms with Crippen LogP contribution in [0.4, 0.5) is 5.69 Å². The van der Waals surface area contributed by atoms with Crippen LogP contribution in [0.15, 0.2) is 64.9 Å². The Bertz CT molecular complexity index is 1190. The molecular weight excluding hydrogens is 432 g/mol. The van der Waals surface area contributed by atoms with Crippen LogP contribution in [-0.2, 0) is 16.4 Å². The maximum atomic E-state index is 13.2. The first-order valence-corrected chi connectivity index (χ1v) is 12.5. The van der Waals surface area contributed by atoms with E-state index in [0.717, 1.165) is 6.42 Å². The van der Waals surface area contributed by atoms with E-state index in [4.69, 9.17) is 4.74 Å². The van der Waals surface area contributed by atoms with Gasteiger partial charge in [-0.15, -0.1) is 11.3 Å². The fourth-order valence-electron chi connectivity index (χ4n) is 3.75. The minimum absolute atomic E-state index is 0.0373. The van der Waals surface area contributed by atoms with Gasteiger partial charge >= 0.3 is 0 Å². The standard InChI is InChI=1S/C23H24N2O4S2/c1-3-29-19-9-7-18(8-10-19)24-31(27,28)20-6-4-5-17(15-20)23(26)25-13-11-22-21(16(25)2)12-14-30-22/h4-10,12,14-16,24H,3,11,13H2,1-2H3.